The van der Waals surface area contributed by atoms with Crippen molar-refractivity contribution in [2.24, 2.45) is 5.92 Å². The molecule has 0 unspecified atom stereocenters. The van der Waals surface area contributed by atoms with Gasteiger partial charge >= 0.3 is 0 Å². The molecule has 8 nitrogen and oxygen atoms in total. The summed E-state index contributed by atoms with van der Waals surface area (Å²) in [6, 6.07) is 7.90. The number of aryl methyl sites for hydroxylation is 1. The third-order valence-corrected chi connectivity index (χ3v) is 6.34. The molecule has 0 aliphatic carbocycles. The summed E-state index contributed by atoms with van der Waals surface area (Å²) in [6.07, 6.45) is 1.67. The van der Waals surface area contributed by atoms with Crippen LogP contribution in [0.3, 0.4) is 0 Å². The Bertz CT molecular complexity index is 966. The first-order valence-corrected chi connectivity index (χ1v) is 11.5. The number of fused-ring (bicyclic) bond motifs is 1. The van der Waals surface area contributed by atoms with Crippen LogP contribution in [0.1, 0.15) is 25.3 Å². The Kier molecular flexibility index (Phi) is 7.22. The fourth-order valence-corrected chi connectivity index (χ4v) is 4.50. The highest BCUT2D eigenvalue weighted by Gasteiger charge is 2.26. The smallest absolute Gasteiger partial charge is 0.223 e. The van der Waals surface area contributed by atoms with Gasteiger partial charge in [0.25, 0.3) is 0 Å². The number of nitrogens with zero attached hydrogens (tertiary/aromatic N) is 3. The molecule has 1 aromatic carbocycles. The lowest BCUT2D eigenvalue weighted by Gasteiger charge is -2.33. The number of pyridine rings is 1. The van der Waals surface area contributed by atoms with E-state index in [2.05, 4.69) is 33.4 Å². The van der Waals surface area contributed by atoms with E-state index in [1.165, 1.54) is 6.92 Å². The van der Waals surface area contributed by atoms with Gasteiger partial charge in [-0.25, -0.2) is 4.98 Å². The first-order valence-electron chi connectivity index (χ1n) is 11.5. The summed E-state index contributed by atoms with van der Waals surface area (Å²) in [5, 5.41) is 6.98. The van der Waals surface area contributed by atoms with Crippen molar-refractivity contribution in [3.05, 3.63) is 29.8 Å². The molecule has 4 rings (SSSR count). The van der Waals surface area contributed by atoms with E-state index < -0.39 is 0 Å². The number of carbonyl (C=O) groups excluding carboxylic acids is 2. The van der Waals surface area contributed by atoms with Crippen molar-refractivity contribution in [3.8, 4) is 0 Å². The second-order valence-electron chi connectivity index (χ2n) is 8.72. The SMILES string of the molecule is CC(=O)Nc1ccc2nc(N3CCC(C(=O)NCCN4CCOCC4)CC3)cc(C)c2c1. The Labute approximate surface area is 189 Å². The highest BCUT2D eigenvalue weighted by molar-refractivity contribution is 5.93. The van der Waals surface area contributed by atoms with Gasteiger partial charge in [0.2, 0.25) is 11.8 Å². The number of rotatable bonds is 6. The van der Waals surface area contributed by atoms with E-state index in [1.54, 1.807) is 0 Å². The molecule has 2 amide bonds. The minimum absolute atomic E-state index is 0.0673. The van der Waals surface area contributed by atoms with Crippen LogP contribution in [0.25, 0.3) is 10.9 Å². The standard InChI is InChI=1S/C24H33N5O3/c1-17-15-23(27-22-4-3-20(16-21(17)22)26-18(2)30)29-8-5-19(6-9-29)24(31)25-7-10-28-11-13-32-14-12-28/h3-4,15-16,19H,5-14H2,1-2H3,(H,25,31)(H,26,30). The second-order valence-corrected chi connectivity index (χ2v) is 8.72. The largest absolute Gasteiger partial charge is 0.379 e. The van der Waals surface area contributed by atoms with E-state index in [9.17, 15) is 9.59 Å². The van der Waals surface area contributed by atoms with Gasteiger partial charge in [0.1, 0.15) is 5.82 Å². The van der Waals surface area contributed by atoms with Gasteiger partial charge in [-0.05, 0) is 49.6 Å². The van der Waals surface area contributed by atoms with Gasteiger partial charge < -0.3 is 20.3 Å². The van der Waals surface area contributed by atoms with Gasteiger partial charge in [-0.1, -0.05) is 0 Å². The molecule has 0 radical (unpaired) electrons. The average Bonchev–Trinajstić information content (AvgIpc) is 2.80. The molecule has 0 spiro atoms. The Morgan fingerprint density at radius 2 is 1.88 bits per heavy atom. The molecule has 2 N–H and O–H groups in total. The lowest BCUT2D eigenvalue weighted by atomic mass is 9.95. The van der Waals surface area contributed by atoms with E-state index in [-0.39, 0.29) is 17.7 Å². The molecule has 3 heterocycles. The maximum absolute atomic E-state index is 12.6. The van der Waals surface area contributed by atoms with Crippen LogP contribution in [-0.4, -0.2) is 74.2 Å². The van der Waals surface area contributed by atoms with Crippen molar-refractivity contribution >= 4 is 34.2 Å². The minimum Gasteiger partial charge on any atom is -0.379 e. The molecule has 8 heteroatoms. The van der Waals surface area contributed by atoms with Gasteiger partial charge in [-0.3, -0.25) is 14.5 Å². The molecule has 0 atom stereocenters. The predicted molar refractivity (Wildman–Crippen MR) is 126 cm³/mol. The molecular weight excluding hydrogens is 406 g/mol. The first-order chi connectivity index (χ1) is 15.5. The lowest BCUT2D eigenvalue weighted by Crippen LogP contribution is -2.44. The fraction of sp³-hybridized carbons (Fsp3) is 0.542. The van der Waals surface area contributed by atoms with E-state index >= 15 is 0 Å². The van der Waals surface area contributed by atoms with E-state index in [0.717, 1.165) is 86.8 Å². The summed E-state index contributed by atoms with van der Waals surface area (Å²) < 4.78 is 5.36. The zero-order valence-electron chi connectivity index (χ0n) is 19.0. The summed E-state index contributed by atoms with van der Waals surface area (Å²) in [5.41, 5.74) is 2.82. The number of hydrogen-bond acceptors (Lipinski definition) is 6. The van der Waals surface area contributed by atoms with Crippen LogP contribution in [0.2, 0.25) is 0 Å². The summed E-state index contributed by atoms with van der Waals surface area (Å²) in [6.45, 7) is 10.3. The summed E-state index contributed by atoms with van der Waals surface area (Å²) in [5.74, 6) is 1.11. The number of hydrogen-bond donors (Lipinski definition) is 2. The normalized spacial score (nSPS) is 18.0. The summed E-state index contributed by atoms with van der Waals surface area (Å²) in [4.78, 5) is 33.4. The number of amides is 2. The fourth-order valence-electron chi connectivity index (χ4n) is 4.50. The van der Waals surface area contributed by atoms with E-state index in [1.807, 2.05) is 18.2 Å². The van der Waals surface area contributed by atoms with Crippen molar-refractivity contribution in [1.82, 2.24) is 15.2 Å². The van der Waals surface area contributed by atoms with Crippen molar-refractivity contribution in [2.45, 2.75) is 26.7 Å². The molecule has 2 fully saturated rings. The van der Waals surface area contributed by atoms with Gasteiger partial charge in [-0.2, -0.15) is 0 Å². The molecule has 0 saturated carbocycles. The lowest BCUT2D eigenvalue weighted by molar-refractivity contribution is -0.125. The number of anilines is 2. The van der Waals surface area contributed by atoms with Gasteiger partial charge in [0, 0.05) is 63.2 Å². The summed E-state index contributed by atoms with van der Waals surface area (Å²) in [7, 11) is 0. The molecule has 0 bridgehead atoms. The molecule has 2 saturated heterocycles. The van der Waals surface area contributed by atoms with Gasteiger partial charge in [0.15, 0.2) is 0 Å². The molecule has 2 aliphatic heterocycles. The topological polar surface area (TPSA) is 86.8 Å². The highest BCUT2D eigenvalue weighted by atomic mass is 16.5. The third-order valence-electron chi connectivity index (χ3n) is 6.34. The summed E-state index contributed by atoms with van der Waals surface area (Å²) >= 11 is 0. The number of carbonyl (C=O) groups is 2. The van der Waals surface area contributed by atoms with Crippen molar-refractivity contribution in [1.29, 1.82) is 0 Å². The van der Waals surface area contributed by atoms with Crippen molar-refractivity contribution in [2.75, 3.05) is 62.7 Å². The molecule has 2 aromatic rings. The number of benzene rings is 1. The molecule has 1 aromatic heterocycles. The maximum atomic E-state index is 12.6. The van der Waals surface area contributed by atoms with E-state index in [4.69, 9.17) is 9.72 Å². The zero-order valence-corrected chi connectivity index (χ0v) is 19.0. The third kappa shape index (κ3) is 5.55. The van der Waals surface area contributed by atoms with Crippen molar-refractivity contribution < 1.29 is 14.3 Å². The maximum Gasteiger partial charge on any atom is 0.223 e. The van der Waals surface area contributed by atoms with Crippen LogP contribution in [0.4, 0.5) is 11.5 Å². The Morgan fingerprint density at radius 3 is 2.59 bits per heavy atom. The van der Waals surface area contributed by atoms with Gasteiger partial charge in [-0.15, -0.1) is 0 Å². The molecule has 172 valence electrons. The molecule has 2 aliphatic rings. The monoisotopic (exact) mass is 439 g/mol. The predicted octanol–water partition coefficient (Wildman–Crippen LogP) is 2.17. The minimum atomic E-state index is -0.0837. The van der Waals surface area contributed by atoms with Crippen molar-refractivity contribution in [3.63, 3.8) is 0 Å². The first kappa shape index (κ1) is 22.5. The second kappa shape index (κ2) is 10.3. The Hall–Kier alpha value is -2.71. The Balaban J connectivity index is 1.31. The number of ether oxygens (including phenoxy) is 1. The quantitative estimate of drug-likeness (QED) is 0.717. The van der Waals surface area contributed by atoms with Crippen LogP contribution >= 0.6 is 0 Å². The van der Waals surface area contributed by atoms with Crippen LogP contribution in [0.15, 0.2) is 24.3 Å². The number of nitrogens with one attached hydrogen (secondary N) is 2. The van der Waals surface area contributed by atoms with Crippen LogP contribution in [-0.2, 0) is 14.3 Å². The average molecular weight is 440 g/mol. The van der Waals surface area contributed by atoms with Crippen LogP contribution < -0.4 is 15.5 Å². The van der Waals surface area contributed by atoms with E-state index in [0.29, 0.717) is 6.54 Å². The van der Waals surface area contributed by atoms with Crippen LogP contribution in [0.5, 0.6) is 0 Å². The van der Waals surface area contributed by atoms with Crippen LogP contribution in [0, 0.1) is 12.8 Å². The number of aromatic nitrogens is 1. The molecular formula is C24H33N5O3. The number of piperidine rings is 1. The molecule has 32 heavy (non-hydrogen) atoms. The highest BCUT2D eigenvalue weighted by Crippen LogP contribution is 2.28. The zero-order chi connectivity index (χ0) is 22.5. The Morgan fingerprint density at radius 1 is 1.12 bits per heavy atom. The number of morpholine rings is 1. The van der Waals surface area contributed by atoms with Gasteiger partial charge in [0.05, 0.1) is 18.7 Å².